The van der Waals surface area contributed by atoms with Crippen molar-refractivity contribution in [1.82, 2.24) is 0 Å². The topological polar surface area (TPSA) is 20.2 Å². The molecule has 0 aromatic heterocycles. The van der Waals surface area contributed by atoms with Gasteiger partial charge in [-0.25, -0.2) is 0 Å². The zero-order valence-electron chi connectivity index (χ0n) is 9.64. The van der Waals surface area contributed by atoms with E-state index in [1.807, 2.05) is 42.1 Å². The van der Waals surface area contributed by atoms with Crippen LogP contribution in [-0.4, -0.2) is 16.6 Å². The van der Waals surface area contributed by atoms with E-state index in [9.17, 15) is 5.11 Å². The van der Waals surface area contributed by atoms with Crippen LogP contribution in [0.5, 0.6) is 0 Å². The lowest BCUT2D eigenvalue weighted by atomic mass is 10.1. The van der Waals surface area contributed by atoms with Crippen molar-refractivity contribution in [3.05, 3.63) is 35.9 Å². The van der Waals surface area contributed by atoms with Gasteiger partial charge in [0.05, 0.1) is 6.10 Å². The van der Waals surface area contributed by atoms with Gasteiger partial charge in [-0.15, -0.1) is 0 Å². The first kappa shape index (κ1) is 12.0. The molecule has 0 heterocycles. The minimum absolute atomic E-state index is 0.299. The van der Waals surface area contributed by atoms with Gasteiger partial charge in [0, 0.05) is 5.75 Å². The van der Waals surface area contributed by atoms with Gasteiger partial charge in [0.15, 0.2) is 0 Å². The highest BCUT2D eigenvalue weighted by atomic mass is 32.2. The zero-order chi connectivity index (χ0) is 11.2. The van der Waals surface area contributed by atoms with Gasteiger partial charge >= 0.3 is 0 Å². The van der Waals surface area contributed by atoms with Crippen molar-refractivity contribution in [2.45, 2.75) is 31.8 Å². The molecular formula is C14H20OS. The summed E-state index contributed by atoms with van der Waals surface area (Å²) in [6.07, 6.45) is 5.31. The quantitative estimate of drug-likeness (QED) is 0.842. The Labute approximate surface area is 102 Å². The van der Waals surface area contributed by atoms with Crippen LogP contribution in [0.2, 0.25) is 0 Å². The predicted molar refractivity (Wildman–Crippen MR) is 70.7 cm³/mol. The van der Waals surface area contributed by atoms with Gasteiger partial charge in [-0.05, 0) is 30.1 Å². The number of aliphatic hydroxyl groups is 1. The first-order valence-electron chi connectivity index (χ1n) is 6.17. The van der Waals surface area contributed by atoms with Gasteiger partial charge in [0.2, 0.25) is 0 Å². The third kappa shape index (κ3) is 3.53. The van der Waals surface area contributed by atoms with Crippen molar-refractivity contribution in [3.8, 4) is 0 Å². The highest BCUT2D eigenvalue weighted by Gasteiger charge is 2.15. The molecular weight excluding hydrogens is 216 g/mol. The second-order valence-electron chi connectivity index (χ2n) is 4.61. The van der Waals surface area contributed by atoms with Gasteiger partial charge in [0.25, 0.3) is 0 Å². The van der Waals surface area contributed by atoms with Crippen molar-refractivity contribution >= 4 is 11.8 Å². The smallest absolute Gasteiger partial charge is 0.0880 e. The molecule has 1 nitrogen and oxygen atoms in total. The number of hydrogen-bond donors (Lipinski definition) is 1. The maximum atomic E-state index is 9.97. The lowest BCUT2D eigenvalue weighted by molar-refractivity contribution is 0.204. The second-order valence-corrected chi connectivity index (χ2v) is 5.69. The van der Waals surface area contributed by atoms with Crippen molar-refractivity contribution in [2.24, 2.45) is 5.92 Å². The van der Waals surface area contributed by atoms with Gasteiger partial charge in [-0.3, -0.25) is 0 Å². The number of benzene rings is 1. The van der Waals surface area contributed by atoms with E-state index in [-0.39, 0.29) is 6.10 Å². The molecule has 0 amide bonds. The molecule has 1 saturated carbocycles. The Morgan fingerprint density at radius 3 is 2.56 bits per heavy atom. The molecule has 0 radical (unpaired) electrons. The molecule has 16 heavy (non-hydrogen) atoms. The molecule has 2 rings (SSSR count). The highest BCUT2D eigenvalue weighted by Crippen LogP contribution is 2.29. The normalized spacial score (nSPS) is 18.8. The van der Waals surface area contributed by atoms with E-state index < -0.39 is 0 Å². The Kier molecular flexibility index (Phi) is 4.73. The van der Waals surface area contributed by atoms with E-state index in [0.717, 1.165) is 17.2 Å². The molecule has 1 aromatic carbocycles. The van der Waals surface area contributed by atoms with Crippen LogP contribution in [0.15, 0.2) is 30.3 Å². The zero-order valence-corrected chi connectivity index (χ0v) is 10.5. The second kappa shape index (κ2) is 6.31. The SMILES string of the molecule is OC(CSCC1CCCC1)c1ccccc1. The van der Waals surface area contributed by atoms with Crippen LogP contribution < -0.4 is 0 Å². The summed E-state index contributed by atoms with van der Waals surface area (Å²) in [6.45, 7) is 0. The molecule has 1 atom stereocenters. The fraction of sp³-hybridized carbons (Fsp3) is 0.571. The molecule has 1 aliphatic rings. The average Bonchev–Trinajstić information content (AvgIpc) is 2.83. The standard InChI is InChI=1S/C14H20OS/c15-14(13-8-2-1-3-9-13)11-16-10-12-6-4-5-7-12/h1-3,8-9,12,14-15H,4-7,10-11H2. The van der Waals surface area contributed by atoms with E-state index in [2.05, 4.69) is 0 Å². The summed E-state index contributed by atoms with van der Waals surface area (Å²) < 4.78 is 0. The molecule has 0 aliphatic heterocycles. The molecule has 1 N–H and O–H groups in total. The number of hydrogen-bond acceptors (Lipinski definition) is 2. The number of aliphatic hydroxyl groups excluding tert-OH is 1. The molecule has 0 bridgehead atoms. The third-order valence-corrected chi connectivity index (χ3v) is 4.55. The predicted octanol–water partition coefficient (Wildman–Crippen LogP) is 3.64. The minimum atomic E-state index is -0.299. The summed E-state index contributed by atoms with van der Waals surface area (Å²) in [6, 6.07) is 9.96. The first-order chi connectivity index (χ1) is 7.86. The molecule has 1 aromatic rings. The van der Waals surface area contributed by atoms with E-state index in [4.69, 9.17) is 0 Å². The van der Waals surface area contributed by atoms with Gasteiger partial charge in [-0.1, -0.05) is 43.2 Å². The van der Waals surface area contributed by atoms with Gasteiger partial charge in [-0.2, -0.15) is 11.8 Å². The minimum Gasteiger partial charge on any atom is -0.388 e. The Morgan fingerprint density at radius 1 is 1.19 bits per heavy atom. The van der Waals surface area contributed by atoms with E-state index in [0.29, 0.717) is 0 Å². The molecule has 88 valence electrons. The summed E-state index contributed by atoms with van der Waals surface area (Å²) in [5.41, 5.74) is 1.04. The van der Waals surface area contributed by atoms with Gasteiger partial charge in [0.1, 0.15) is 0 Å². The summed E-state index contributed by atoms with van der Waals surface area (Å²) in [4.78, 5) is 0. The maximum absolute atomic E-state index is 9.97. The van der Waals surface area contributed by atoms with Crippen molar-refractivity contribution < 1.29 is 5.11 Å². The van der Waals surface area contributed by atoms with Crippen LogP contribution in [0.1, 0.15) is 37.4 Å². The Bertz CT molecular complexity index is 293. The molecule has 1 unspecified atom stereocenters. The van der Waals surface area contributed by atoms with Crippen molar-refractivity contribution in [3.63, 3.8) is 0 Å². The largest absolute Gasteiger partial charge is 0.388 e. The highest BCUT2D eigenvalue weighted by molar-refractivity contribution is 7.99. The van der Waals surface area contributed by atoms with Crippen LogP contribution in [0.4, 0.5) is 0 Å². The van der Waals surface area contributed by atoms with Crippen LogP contribution in [-0.2, 0) is 0 Å². The number of rotatable bonds is 5. The van der Waals surface area contributed by atoms with E-state index in [1.54, 1.807) is 0 Å². The lowest BCUT2D eigenvalue weighted by Crippen LogP contribution is -2.04. The average molecular weight is 236 g/mol. The van der Waals surface area contributed by atoms with Crippen molar-refractivity contribution in [2.75, 3.05) is 11.5 Å². The van der Waals surface area contributed by atoms with Crippen LogP contribution >= 0.6 is 11.8 Å². The van der Waals surface area contributed by atoms with Crippen molar-refractivity contribution in [1.29, 1.82) is 0 Å². The molecule has 0 saturated heterocycles. The first-order valence-corrected chi connectivity index (χ1v) is 7.32. The molecule has 0 spiro atoms. The lowest BCUT2D eigenvalue weighted by Gasteiger charge is -2.12. The Balaban J connectivity index is 1.69. The summed E-state index contributed by atoms with van der Waals surface area (Å²) in [5.74, 6) is 2.97. The summed E-state index contributed by atoms with van der Waals surface area (Å²) >= 11 is 1.90. The van der Waals surface area contributed by atoms with Crippen LogP contribution in [0.3, 0.4) is 0 Å². The number of thioether (sulfide) groups is 1. The molecule has 1 aliphatic carbocycles. The molecule has 2 heteroatoms. The van der Waals surface area contributed by atoms with Crippen LogP contribution in [0, 0.1) is 5.92 Å². The van der Waals surface area contributed by atoms with Crippen LogP contribution in [0.25, 0.3) is 0 Å². The summed E-state index contributed by atoms with van der Waals surface area (Å²) in [5, 5.41) is 9.97. The Hall–Kier alpha value is -0.470. The van der Waals surface area contributed by atoms with E-state index >= 15 is 0 Å². The summed E-state index contributed by atoms with van der Waals surface area (Å²) in [7, 11) is 0. The molecule has 1 fully saturated rings. The fourth-order valence-electron chi connectivity index (χ4n) is 2.29. The monoisotopic (exact) mass is 236 g/mol. The maximum Gasteiger partial charge on any atom is 0.0880 e. The van der Waals surface area contributed by atoms with E-state index in [1.165, 1.54) is 31.4 Å². The third-order valence-electron chi connectivity index (χ3n) is 3.29. The van der Waals surface area contributed by atoms with Gasteiger partial charge < -0.3 is 5.11 Å². The Morgan fingerprint density at radius 2 is 1.88 bits per heavy atom. The fourth-order valence-corrected chi connectivity index (χ4v) is 3.51.